The van der Waals surface area contributed by atoms with Crippen LogP contribution in [0.5, 0.6) is 0 Å². The number of fused-ring (bicyclic) bond motifs is 1. The normalized spacial score (nSPS) is 19.1. The van der Waals surface area contributed by atoms with Gasteiger partial charge in [0.05, 0.1) is 11.4 Å². The minimum Gasteiger partial charge on any atom is -0.350 e. The molecule has 1 N–H and O–H groups in total. The molecule has 1 aliphatic carbocycles. The van der Waals surface area contributed by atoms with Gasteiger partial charge in [-0.05, 0) is 62.8 Å². The molecule has 0 bridgehead atoms. The van der Waals surface area contributed by atoms with E-state index in [1.807, 2.05) is 37.8 Å². The minimum atomic E-state index is -3.46. The summed E-state index contributed by atoms with van der Waals surface area (Å²) >= 11 is 0. The number of piperazine rings is 1. The summed E-state index contributed by atoms with van der Waals surface area (Å²) in [6.07, 6.45) is 3.99. The van der Waals surface area contributed by atoms with Gasteiger partial charge in [-0.3, -0.25) is 9.69 Å². The monoisotopic (exact) mass is 393 g/mol. The van der Waals surface area contributed by atoms with Gasteiger partial charge in [-0.25, -0.2) is 8.42 Å². The van der Waals surface area contributed by atoms with E-state index < -0.39 is 10.0 Å². The maximum atomic E-state index is 13.0. The number of aryl methyl sites for hydroxylation is 2. The van der Waals surface area contributed by atoms with Gasteiger partial charge >= 0.3 is 0 Å². The molecule has 1 heterocycles. The van der Waals surface area contributed by atoms with Crippen molar-refractivity contribution in [2.24, 2.45) is 0 Å². The summed E-state index contributed by atoms with van der Waals surface area (Å²) in [5.74, 6) is -0.00298. The highest BCUT2D eigenvalue weighted by molar-refractivity contribution is 7.89. The molecule has 150 valence electrons. The molecule has 1 amide bonds. The third-order valence-electron chi connectivity index (χ3n) is 5.77. The van der Waals surface area contributed by atoms with Gasteiger partial charge in [-0.15, -0.1) is 0 Å². The summed E-state index contributed by atoms with van der Waals surface area (Å²) in [5, 5.41) is 3.03. The molecule has 7 heteroatoms. The summed E-state index contributed by atoms with van der Waals surface area (Å²) in [4.78, 5) is 14.6. The van der Waals surface area contributed by atoms with E-state index in [9.17, 15) is 13.2 Å². The molecule has 3 rings (SSSR count). The van der Waals surface area contributed by atoms with Crippen molar-refractivity contribution in [1.82, 2.24) is 14.5 Å². The van der Waals surface area contributed by atoms with Crippen molar-refractivity contribution in [1.29, 1.82) is 0 Å². The van der Waals surface area contributed by atoms with Crippen LogP contribution in [0.25, 0.3) is 0 Å². The molecular formula is C20H31N3O3S. The second kappa shape index (κ2) is 7.89. The average molecular weight is 394 g/mol. The van der Waals surface area contributed by atoms with Crippen LogP contribution in [-0.4, -0.2) is 61.8 Å². The molecule has 0 radical (unpaired) electrons. The smallest absolute Gasteiger partial charge is 0.243 e. The number of benzene rings is 1. The molecule has 6 nitrogen and oxygen atoms in total. The van der Waals surface area contributed by atoms with E-state index in [-0.39, 0.29) is 11.4 Å². The fourth-order valence-corrected chi connectivity index (χ4v) is 5.17. The third-order valence-corrected chi connectivity index (χ3v) is 7.66. The first kappa shape index (κ1) is 20.3. The predicted octanol–water partition coefficient (Wildman–Crippen LogP) is 1.79. The molecule has 1 aromatic carbocycles. The van der Waals surface area contributed by atoms with Crippen LogP contribution in [0.2, 0.25) is 0 Å². The van der Waals surface area contributed by atoms with Crippen molar-refractivity contribution in [3.05, 3.63) is 29.3 Å². The lowest BCUT2D eigenvalue weighted by molar-refractivity contribution is -0.124. The highest BCUT2D eigenvalue weighted by atomic mass is 32.2. The number of hydrogen-bond acceptors (Lipinski definition) is 4. The SMILES string of the molecule is CCC(C)(C)NC(=O)CN1CCN(S(=O)(=O)c2ccc3c(c2)CCC3)CC1. The number of amides is 1. The Balaban J connectivity index is 1.58. The van der Waals surface area contributed by atoms with Gasteiger partial charge in [-0.2, -0.15) is 4.31 Å². The van der Waals surface area contributed by atoms with Crippen LogP contribution in [0.3, 0.4) is 0 Å². The van der Waals surface area contributed by atoms with Crippen LogP contribution in [0, 0.1) is 0 Å². The van der Waals surface area contributed by atoms with Gasteiger partial charge in [-0.1, -0.05) is 13.0 Å². The molecule has 0 spiro atoms. The highest BCUT2D eigenvalue weighted by Crippen LogP contribution is 2.26. The number of carbonyl (C=O) groups is 1. The Morgan fingerprint density at radius 2 is 1.78 bits per heavy atom. The molecule has 27 heavy (non-hydrogen) atoms. The Bertz CT molecular complexity index is 797. The lowest BCUT2D eigenvalue weighted by Crippen LogP contribution is -2.53. The van der Waals surface area contributed by atoms with E-state index in [4.69, 9.17) is 0 Å². The van der Waals surface area contributed by atoms with Crippen LogP contribution in [0.4, 0.5) is 0 Å². The summed E-state index contributed by atoms with van der Waals surface area (Å²) in [5.41, 5.74) is 2.24. The van der Waals surface area contributed by atoms with E-state index in [2.05, 4.69) is 5.32 Å². The fraction of sp³-hybridized carbons (Fsp3) is 0.650. The van der Waals surface area contributed by atoms with Gasteiger partial charge in [0.2, 0.25) is 15.9 Å². The van der Waals surface area contributed by atoms with E-state index in [0.717, 1.165) is 25.7 Å². The Hall–Kier alpha value is -1.44. The molecule has 2 aliphatic rings. The molecule has 0 unspecified atom stereocenters. The van der Waals surface area contributed by atoms with Crippen molar-refractivity contribution in [2.75, 3.05) is 32.7 Å². The predicted molar refractivity (Wildman–Crippen MR) is 106 cm³/mol. The van der Waals surface area contributed by atoms with E-state index in [1.165, 1.54) is 11.1 Å². The van der Waals surface area contributed by atoms with Crippen molar-refractivity contribution < 1.29 is 13.2 Å². The zero-order chi connectivity index (χ0) is 19.7. The van der Waals surface area contributed by atoms with Gasteiger partial charge in [0.25, 0.3) is 0 Å². The van der Waals surface area contributed by atoms with Gasteiger partial charge in [0.1, 0.15) is 0 Å². The number of nitrogens with one attached hydrogen (secondary N) is 1. The fourth-order valence-electron chi connectivity index (χ4n) is 3.69. The number of carbonyl (C=O) groups excluding carboxylic acids is 1. The van der Waals surface area contributed by atoms with Gasteiger partial charge in [0, 0.05) is 31.7 Å². The van der Waals surface area contributed by atoms with Crippen molar-refractivity contribution in [3.63, 3.8) is 0 Å². The molecule has 1 aromatic rings. The zero-order valence-electron chi connectivity index (χ0n) is 16.6. The molecular weight excluding hydrogens is 362 g/mol. The first-order chi connectivity index (χ1) is 12.7. The van der Waals surface area contributed by atoms with E-state index in [1.54, 1.807) is 10.4 Å². The van der Waals surface area contributed by atoms with Gasteiger partial charge < -0.3 is 5.32 Å². The standard InChI is InChI=1S/C20H31N3O3S/c1-4-20(2,3)21-19(24)15-22-10-12-23(13-11-22)27(25,26)18-9-8-16-6-5-7-17(16)14-18/h8-9,14H,4-7,10-13,15H2,1-3H3,(H,21,24). The third kappa shape index (κ3) is 4.70. The molecule has 1 fully saturated rings. The molecule has 0 saturated carbocycles. The second-order valence-electron chi connectivity index (χ2n) is 8.25. The summed E-state index contributed by atoms with van der Waals surface area (Å²) in [6, 6.07) is 5.56. The molecule has 0 atom stereocenters. The Morgan fingerprint density at radius 3 is 2.44 bits per heavy atom. The largest absolute Gasteiger partial charge is 0.350 e. The number of hydrogen-bond donors (Lipinski definition) is 1. The van der Waals surface area contributed by atoms with Crippen molar-refractivity contribution >= 4 is 15.9 Å². The van der Waals surface area contributed by atoms with Gasteiger partial charge in [0.15, 0.2) is 0 Å². The Morgan fingerprint density at radius 1 is 1.11 bits per heavy atom. The number of rotatable bonds is 6. The first-order valence-electron chi connectivity index (χ1n) is 9.86. The summed E-state index contributed by atoms with van der Waals surface area (Å²) in [6.45, 7) is 8.36. The zero-order valence-corrected chi connectivity index (χ0v) is 17.4. The lowest BCUT2D eigenvalue weighted by atomic mass is 10.0. The molecule has 0 aromatic heterocycles. The highest BCUT2D eigenvalue weighted by Gasteiger charge is 2.30. The van der Waals surface area contributed by atoms with Crippen LogP contribution in [-0.2, 0) is 27.7 Å². The maximum Gasteiger partial charge on any atom is 0.243 e. The average Bonchev–Trinajstić information content (AvgIpc) is 3.09. The van der Waals surface area contributed by atoms with Crippen molar-refractivity contribution in [3.8, 4) is 0 Å². The van der Waals surface area contributed by atoms with Crippen molar-refractivity contribution in [2.45, 2.75) is 56.9 Å². The lowest BCUT2D eigenvalue weighted by Gasteiger charge is -2.34. The molecule has 1 aliphatic heterocycles. The minimum absolute atomic E-state index is 0.00298. The van der Waals surface area contributed by atoms with Crippen LogP contribution in [0.15, 0.2) is 23.1 Å². The second-order valence-corrected chi connectivity index (χ2v) is 10.2. The summed E-state index contributed by atoms with van der Waals surface area (Å²) < 4.78 is 27.5. The van der Waals surface area contributed by atoms with Crippen LogP contribution in [0.1, 0.15) is 44.7 Å². The quantitative estimate of drug-likeness (QED) is 0.800. The number of nitrogens with zero attached hydrogens (tertiary/aromatic N) is 2. The topological polar surface area (TPSA) is 69.7 Å². The Labute approximate surface area is 163 Å². The first-order valence-corrected chi connectivity index (χ1v) is 11.3. The van der Waals surface area contributed by atoms with E-state index >= 15 is 0 Å². The molecule has 1 saturated heterocycles. The number of sulfonamides is 1. The Kier molecular flexibility index (Phi) is 5.93. The van der Waals surface area contributed by atoms with Crippen LogP contribution >= 0.6 is 0 Å². The summed E-state index contributed by atoms with van der Waals surface area (Å²) in [7, 11) is -3.46. The van der Waals surface area contributed by atoms with E-state index in [0.29, 0.717) is 37.6 Å². The maximum absolute atomic E-state index is 13.0. The van der Waals surface area contributed by atoms with Crippen LogP contribution < -0.4 is 5.32 Å².